The number of hydrogen-bond acceptors (Lipinski definition) is 6. The lowest BCUT2D eigenvalue weighted by molar-refractivity contribution is -0.154. The molecule has 1 fully saturated rings. The molecule has 0 saturated carbocycles. The first-order chi connectivity index (χ1) is 13.5. The molecule has 1 N–H and O–H groups in total. The van der Waals surface area contributed by atoms with Crippen LogP contribution in [-0.2, 0) is 27.4 Å². The van der Waals surface area contributed by atoms with Gasteiger partial charge in [-0.25, -0.2) is 10.4 Å². The fraction of sp³-hybridized carbons (Fsp3) is 0.450. The number of esters is 1. The van der Waals surface area contributed by atoms with Crippen LogP contribution >= 0.6 is 27.3 Å². The molecule has 28 heavy (non-hydrogen) atoms. The molecule has 1 aliphatic rings. The van der Waals surface area contributed by atoms with Crippen LogP contribution in [0.2, 0.25) is 0 Å². The number of aromatic nitrogens is 1. The summed E-state index contributed by atoms with van der Waals surface area (Å²) < 4.78 is 6.26. The largest absolute Gasteiger partial charge is 0.460 e. The Morgan fingerprint density at radius 1 is 1.36 bits per heavy atom. The SMILES string of the molecule is CC[C@@H]1CC(C(=O)OCc2ccccc2)NN(C(=O)CCc2nc(Br)cs2)C1. The summed E-state index contributed by atoms with van der Waals surface area (Å²) in [7, 11) is 0. The molecule has 0 bridgehead atoms. The Hall–Kier alpha value is -1.77. The van der Waals surface area contributed by atoms with E-state index in [1.165, 1.54) is 11.3 Å². The van der Waals surface area contributed by atoms with Crippen LogP contribution in [0.1, 0.15) is 36.8 Å². The molecule has 1 amide bonds. The van der Waals surface area contributed by atoms with Gasteiger partial charge >= 0.3 is 5.97 Å². The van der Waals surface area contributed by atoms with Crippen LogP contribution in [0.25, 0.3) is 0 Å². The molecule has 2 atom stereocenters. The first-order valence-electron chi connectivity index (χ1n) is 9.42. The van der Waals surface area contributed by atoms with Gasteiger partial charge in [-0.05, 0) is 33.8 Å². The second kappa shape index (κ2) is 10.1. The molecule has 3 rings (SSSR count). The van der Waals surface area contributed by atoms with Gasteiger partial charge in [0.05, 0.1) is 5.01 Å². The van der Waals surface area contributed by atoms with Crippen LogP contribution in [0.4, 0.5) is 0 Å². The van der Waals surface area contributed by atoms with E-state index >= 15 is 0 Å². The summed E-state index contributed by atoms with van der Waals surface area (Å²) >= 11 is 4.86. The first-order valence-corrected chi connectivity index (χ1v) is 11.1. The van der Waals surface area contributed by atoms with Crippen molar-refractivity contribution in [2.75, 3.05) is 6.54 Å². The fourth-order valence-electron chi connectivity index (χ4n) is 3.16. The first kappa shape index (κ1) is 21.0. The summed E-state index contributed by atoms with van der Waals surface area (Å²) in [6.45, 7) is 2.93. The molecule has 6 nitrogen and oxygen atoms in total. The van der Waals surface area contributed by atoms with Crippen LogP contribution in [-0.4, -0.2) is 34.5 Å². The van der Waals surface area contributed by atoms with Gasteiger partial charge in [0.2, 0.25) is 5.91 Å². The van der Waals surface area contributed by atoms with Gasteiger partial charge in [0.1, 0.15) is 17.3 Å². The van der Waals surface area contributed by atoms with Crippen LogP contribution < -0.4 is 5.43 Å². The van der Waals surface area contributed by atoms with Gasteiger partial charge < -0.3 is 4.74 Å². The molecule has 1 unspecified atom stereocenters. The van der Waals surface area contributed by atoms with E-state index in [-0.39, 0.29) is 24.4 Å². The molecule has 2 aromatic rings. The molecule has 0 aliphatic carbocycles. The Morgan fingerprint density at radius 2 is 2.14 bits per heavy atom. The van der Waals surface area contributed by atoms with E-state index < -0.39 is 6.04 Å². The van der Waals surface area contributed by atoms with Gasteiger partial charge in [0, 0.05) is 24.8 Å². The zero-order valence-electron chi connectivity index (χ0n) is 15.8. The number of nitrogens with one attached hydrogen (secondary N) is 1. The van der Waals surface area contributed by atoms with Crippen molar-refractivity contribution in [3.63, 3.8) is 0 Å². The lowest BCUT2D eigenvalue weighted by Gasteiger charge is -2.37. The lowest BCUT2D eigenvalue weighted by atomic mass is 9.95. The molecule has 1 aliphatic heterocycles. The number of hydrogen-bond donors (Lipinski definition) is 1. The monoisotopic (exact) mass is 465 g/mol. The van der Waals surface area contributed by atoms with E-state index in [2.05, 4.69) is 33.3 Å². The topological polar surface area (TPSA) is 71.5 Å². The van der Waals surface area contributed by atoms with E-state index in [9.17, 15) is 9.59 Å². The molecule has 2 heterocycles. The van der Waals surface area contributed by atoms with E-state index in [1.807, 2.05) is 35.7 Å². The number of hydrazine groups is 1. The zero-order chi connectivity index (χ0) is 19.9. The smallest absolute Gasteiger partial charge is 0.325 e. The number of benzene rings is 1. The molecule has 0 radical (unpaired) electrons. The number of aryl methyl sites for hydroxylation is 1. The second-order valence-corrected chi connectivity index (χ2v) is 8.61. The van der Waals surface area contributed by atoms with Crippen LogP contribution in [0.15, 0.2) is 40.3 Å². The average Bonchev–Trinajstić information content (AvgIpc) is 3.15. The van der Waals surface area contributed by atoms with Crippen molar-refractivity contribution in [2.45, 2.75) is 45.3 Å². The summed E-state index contributed by atoms with van der Waals surface area (Å²) in [4.78, 5) is 29.5. The minimum atomic E-state index is -0.500. The highest BCUT2D eigenvalue weighted by molar-refractivity contribution is 9.10. The number of halogens is 1. The summed E-state index contributed by atoms with van der Waals surface area (Å²) in [6.07, 6.45) is 2.53. The lowest BCUT2D eigenvalue weighted by Crippen LogP contribution is -2.58. The van der Waals surface area contributed by atoms with Gasteiger partial charge in [-0.15, -0.1) is 11.3 Å². The molecule has 150 valence electrons. The number of carbonyl (C=O) groups excluding carboxylic acids is 2. The number of carbonyl (C=O) groups is 2. The van der Waals surface area contributed by atoms with E-state index in [1.54, 1.807) is 5.01 Å². The van der Waals surface area contributed by atoms with Crippen molar-refractivity contribution in [1.29, 1.82) is 0 Å². The van der Waals surface area contributed by atoms with Crippen molar-refractivity contribution in [1.82, 2.24) is 15.4 Å². The molecule has 1 aromatic heterocycles. The Balaban J connectivity index is 1.55. The van der Waals surface area contributed by atoms with E-state index in [0.717, 1.165) is 21.6 Å². The van der Waals surface area contributed by atoms with E-state index in [4.69, 9.17) is 4.74 Å². The Bertz CT molecular complexity index is 799. The number of amides is 1. The highest BCUT2D eigenvalue weighted by Crippen LogP contribution is 2.21. The molecule has 0 spiro atoms. The summed E-state index contributed by atoms with van der Waals surface area (Å²) in [5, 5.41) is 4.42. The van der Waals surface area contributed by atoms with Gasteiger partial charge in [-0.3, -0.25) is 14.6 Å². The molecular formula is C20H24BrN3O3S. The Morgan fingerprint density at radius 3 is 2.82 bits per heavy atom. The van der Waals surface area contributed by atoms with Crippen molar-refractivity contribution in [3.05, 3.63) is 50.9 Å². The summed E-state index contributed by atoms with van der Waals surface area (Å²) in [6, 6.07) is 9.09. The number of rotatable bonds is 7. The van der Waals surface area contributed by atoms with Gasteiger partial charge in [-0.2, -0.15) is 0 Å². The molecule has 1 aromatic carbocycles. The normalized spacial score (nSPS) is 19.4. The van der Waals surface area contributed by atoms with Crippen LogP contribution in [0.5, 0.6) is 0 Å². The summed E-state index contributed by atoms with van der Waals surface area (Å²) in [5.74, 6) is -0.0672. The average molecular weight is 466 g/mol. The summed E-state index contributed by atoms with van der Waals surface area (Å²) in [5.41, 5.74) is 4.02. The van der Waals surface area contributed by atoms with Crippen molar-refractivity contribution >= 4 is 39.1 Å². The standard InChI is InChI=1S/C20H24BrN3O3S/c1-2-14-10-16(20(26)27-12-15-6-4-3-5-7-15)23-24(11-14)19(25)9-8-18-22-17(21)13-28-18/h3-7,13-14,16,23H,2,8-12H2,1H3/t14-,16?/m1/s1. The predicted molar refractivity (Wildman–Crippen MR) is 111 cm³/mol. The zero-order valence-corrected chi connectivity index (χ0v) is 18.2. The highest BCUT2D eigenvalue weighted by atomic mass is 79.9. The van der Waals surface area contributed by atoms with Gasteiger partial charge in [0.25, 0.3) is 0 Å². The maximum Gasteiger partial charge on any atom is 0.325 e. The van der Waals surface area contributed by atoms with Crippen LogP contribution in [0.3, 0.4) is 0 Å². The molecular weight excluding hydrogens is 442 g/mol. The third kappa shape index (κ3) is 5.86. The second-order valence-electron chi connectivity index (χ2n) is 6.85. The number of thiazole rings is 1. The third-order valence-electron chi connectivity index (χ3n) is 4.78. The minimum Gasteiger partial charge on any atom is -0.460 e. The van der Waals surface area contributed by atoms with Gasteiger partial charge in [0.15, 0.2) is 0 Å². The Labute approximate surface area is 177 Å². The molecule has 8 heteroatoms. The quantitative estimate of drug-likeness (QED) is 0.630. The fourth-order valence-corrected chi connectivity index (χ4v) is 4.43. The maximum atomic E-state index is 12.7. The third-order valence-corrected chi connectivity index (χ3v) is 6.40. The van der Waals surface area contributed by atoms with Crippen LogP contribution in [0, 0.1) is 5.92 Å². The van der Waals surface area contributed by atoms with Gasteiger partial charge in [-0.1, -0.05) is 43.7 Å². The maximum absolute atomic E-state index is 12.7. The van der Waals surface area contributed by atoms with Crippen molar-refractivity contribution in [3.8, 4) is 0 Å². The van der Waals surface area contributed by atoms with E-state index in [0.29, 0.717) is 25.8 Å². The molecule has 1 saturated heterocycles. The highest BCUT2D eigenvalue weighted by Gasteiger charge is 2.33. The minimum absolute atomic E-state index is 0.0228. The predicted octanol–water partition coefficient (Wildman–Crippen LogP) is 3.71. The number of nitrogens with zero attached hydrogens (tertiary/aromatic N) is 2. The van der Waals surface area contributed by atoms with Crippen molar-refractivity contribution in [2.24, 2.45) is 5.92 Å². The van der Waals surface area contributed by atoms with Crippen molar-refractivity contribution < 1.29 is 14.3 Å². The Kier molecular flexibility index (Phi) is 7.58. The number of ether oxygens (including phenoxy) is 1.